The summed E-state index contributed by atoms with van der Waals surface area (Å²) in [6.07, 6.45) is 2.12. The largest absolute Gasteiger partial charge is 0.461 e. The van der Waals surface area contributed by atoms with Gasteiger partial charge in [-0.3, -0.25) is 4.79 Å². The third-order valence-electron chi connectivity index (χ3n) is 3.82. The summed E-state index contributed by atoms with van der Waals surface area (Å²) in [6, 6.07) is 7.03. The molecule has 1 fully saturated rings. The Kier molecular flexibility index (Phi) is 4.36. The van der Waals surface area contributed by atoms with Gasteiger partial charge in [0, 0.05) is 24.2 Å². The zero-order valence-corrected chi connectivity index (χ0v) is 12.9. The van der Waals surface area contributed by atoms with Gasteiger partial charge in [-0.15, -0.1) is 5.10 Å². The molecule has 0 atom stereocenters. The normalized spacial score (nSPS) is 14.0. The fourth-order valence-electron chi connectivity index (χ4n) is 2.65. The molecule has 3 rings (SSSR count). The van der Waals surface area contributed by atoms with Crippen molar-refractivity contribution in [2.45, 2.75) is 19.8 Å². The molecule has 0 spiro atoms. The van der Waals surface area contributed by atoms with Gasteiger partial charge < -0.3 is 9.64 Å². The van der Waals surface area contributed by atoms with Crippen LogP contribution < -0.4 is 0 Å². The topological polar surface area (TPSA) is 88.2 Å². The first-order chi connectivity index (χ1) is 11.2. The van der Waals surface area contributed by atoms with E-state index in [0.717, 1.165) is 25.9 Å². The average Bonchev–Trinajstić information content (AvgIpc) is 3.26. The van der Waals surface area contributed by atoms with Crippen molar-refractivity contribution in [3.05, 3.63) is 35.5 Å². The molecule has 0 radical (unpaired) electrons. The summed E-state index contributed by atoms with van der Waals surface area (Å²) >= 11 is 0. The number of benzene rings is 1. The molecular weight excluding hydrogens is 296 g/mol. The number of amides is 1. The van der Waals surface area contributed by atoms with E-state index >= 15 is 0 Å². The number of aromatic nitrogens is 3. The molecule has 1 aliphatic heterocycles. The predicted octanol–water partition coefficient (Wildman–Crippen LogP) is 1.88. The molecule has 0 saturated carbocycles. The summed E-state index contributed by atoms with van der Waals surface area (Å²) in [7, 11) is 0. The van der Waals surface area contributed by atoms with Crippen LogP contribution in [0.1, 0.15) is 40.6 Å². The first kappa shape index (κ1) is 15.2. The second-order valence-electron chi connectivity index (χ2n) is 5.32. The van der Waals surface area contributed by atoms with Gasteiger partial charge in [0.2, 0.25) is 0 Å². The maximum atomic E-state index is 12.3. The Morgan fingerprint density at radius 1 is 1.17 bits per heavy atom. The zero-order valence-electron chi connectivity index (χ0n) is 12.9. The van der Waals surface area contributed by atoms with Crippen molar-refractivity contribution in [1.29, 1.82) is 0 Å². The molecule has 7 nitrogen and oxygen atoms in total. The van der Waals surface area contributed by atoms with Crippen LogP contribution in [0.5, 0.6) is 0 Å². The molecular formula is C16H18N4O3. The van der Waals surface area contributed by atoms with Crippen LogP contribution in [0.15, 0.2) is 24.3 Å². The van der Waals surface area contributed by atoms with Crippen molar-refractivity contribution < 1.29 is 14.3 Å². The molecule has 23 heavy (non-hydrogen) atoms. The highest BCUT2D eigenvalue weighted by Crippen LogP contribution is 2.22. The highest BCUT2D eigenvalue weighted by atomic mass is 16.5. The number of ether oxygens (including phenoxy) is 1. The van der Waals surface area contributed by atoms with Crippen LogP contribution in [-0.2, 0) is 4.74 Å². The van der Waals surface area contributed by atoms with Gasteiger partial charge in [-0.05, 0) is 31.9 Å². The first-order valence-corrected chi connectivity index (χ1v) is 7.68. The molecule has 7 heteroatoms. The Morgan fingerprint density at radius 3 is 2.52 bits per heavy atom. The van der Waals surface area contributed by atoms with Gasteiger partial charge in [-0.2, -0.15) is 10.3 Å². The Morgan fingerprint density at radius 2 is 1.87 bits per heavy atom. The van der Waals surface area contributed by atoms with E-state index < -0.39 is 5.97 Å². The van der Waals surface area contributed by atoms with E-state index in [9.17, 15) is 9.59 Å². The summed E-state index contributed by atoms with van der Waals surface area (Å²) in [6.45, 7) is 3.64. The Balaban J connectivity index is 1.81. The molecule has 1 aromatic carbocycles. The van der Waals surface area contributed by atoms with Crippen LogP contribution in [0.2, 0.25) is 0 Å². The van der Waals surface area contributed by atoms with E-state index in [-0.39, 0.29) is 18.2 Å². The van der Waals surface area contributed by atoms with Crippen LogP contribution in [0, 0.1) is 0 Å². The second kappa shape index (κ2) is 6.60. The third kappa shape index (κ3) is 3.08. The highest BCUT2D eigenvalue weighted by molar-refractivity contribution is 5.96. The van der Waals surface area contributed by atoms with Gasteiger partial charge in [0.05, 0.1) is 6.61 Å². The van der Waals surface area contributed by atoms with Gasteiger partial charge in [0.15, 0.2) is 5.69 Å². The number of esters is 1. The Bertz CT molecular complexity index is 702. The fraction of sp³-hybridized carbons (Fsp3) is 0.375. The van der Waals surface area contributed by atoms with Crippen LogP contribution in [0.25, 0.3) is 11.3 Å². The number of H-pyrrole nitrogens is 1. The molecule has 1 saturated heterocycles. The molecule has 1 aromatic heterocycles. The molecule has 1 amide bonds. The minimum atomic E-state index is -0.520. The number of likely N-dealkylation sites (tertiary alicyclic amines) is 1. The van der Waals surface area contributed by atoms with E-state index in [4.69, 9.17) is 4.74 Å². The summed E-state index contributed by atoms with van der Waals surface area (Å²) < 4.78 is 4.96. The average molecular weight is 314 g/mol. The smallest absolute Gasteiger partial charge is 0.361 e. The lowest BCUT2D eigenvalue weighted by Gasteiger charge is -2.15. The van der Waals surface area contributed by atoms with E-state index in [1.54, 1.807) is 31.2 Å². The monoisotopic (exact) mass is 314 g/mol. The Hall–Kier alpha value is -2.70. The summed E-state index contributed by atoms with van der Waals surface area (Å²) in [5.41, 5.74) is 1.91. The lowest BCUT2D eigenvalue weighted by atomic mass is 10.1. The van der Waals surface area contributed by atoms with Gasteiger partial charge in [-0.25, -0.2) is 4.79 Å². The van der Waals surface area contributed by atoms with Gasteiger partial charge >= 0.3 is 5.97 Å². The van der Waals surface area contributed by atoms with Crippen molar-refractivity contribution in [2.75, 3.05) is 19.7 Å². The standard InChI is InChI=1S/C16H18N4O3/c1-2-23-16(22)14-13(17-19-18-14)11-5-7-12(8-6-11)15(21)20-9-3-4-10-20/h5-8H,2-4,9-10H2,1H3,(H,17,18,19). The number of aromatic amines is 1. The van der Waals surface area contributed by atoms with Crippen LogP contribution in [0.4, 0.5) is 0 Å². The number of carbonyl (C=O) groups is 2. The fourth-order valence-corrected chi connectivity index (χ4v) is 2.65. The molecule has 0 aliphatic carbocycles. The summed E-state index contributed by atoms with van der Waals surface area (Å²) in [5.74, 6) is -0.478. The van der Waals surface area contributed by atoms with Gasteiger partial charge in [0.25, 0.3) is 5.91 Å². The SMILES string of the molecule is CCOC(=O)c1n[nH]nc1-c1ccc(C(=O)N2CCCC2)cc1. The molecule has 0 unspecified atom stereocenters. The van der Waals surface area contributed by atoms with E-state index in [2.05, 4.69) is 15.4 Å². The van der Waals surface area contributed by atoms with Crippen LogP contribution in [0.3, 0.4) is 0 Å². The highest BCUT2D eigenvalue weighted by Gasteiger charge is 2.21. The molecule has 120 valence electrons. The van der Waals surface area contributed by atoms with Gasteiger partial charge in [-0.1, -0.05) is 12.1 Å². The maximum Gasteiger partial charge on any atom is 0.361 e. The van der Waals surface area contributed by atoms with E-state index in [1.165, 1.54) is 0 Å². The second-order valence-corrected chi connectivity index (χ2v) is 5.32. The molecule has 2 aromatic rings. The van der Waals surface area contributed by atoms with Crippen molar-refractivity contribution >= 4 is 11.9 Å². The van der Waals surface area contributed by atoms with E-state index in [1.807, 2.05) is 4.90 Å². The summed E-state index contributed by atoms with van der Waals surface area (Å²) in [4.78, 5) is 26.0. The number of nitrogens with zero attached hydrogens (tertiary/aromatic N) is 3. The molecule has 1 aliphatic rings. The first-order valence-electron chi connectivity index (χ1n) is 7.68. The molecule has 2 heterocycles. The molecule has 0 bridgehead atoms. The Labute approximate surface area is 133 Å². The van der Waals surface area contributed by atoms with Crippen molar-refractivity contribution in [2.24, 2.45) is 0 Å². The lowest BCUT2D eigenvalue weighted by Crippen LogP contribution is -2.27. The van der Waals surface area contributed by atoms with Crippen molar-refractivity contribution in [1.82, 2.24) is 20.3 Å². The van der Waals surface area contributed by atoms with Crippen LogP contribution >= 0.6 is 0 Å². The number of hydrogen-bond donors (Lipinski definition) is 1. The number of rotatable bonds is 4. The lowest BCUT2D eigenvalue weighted by molar-refractivity contribution is 0.0520. The maximum absolute atomic E-state index is 12.3. The number of nitrogens with one attached hydrogen (secondary N) is 1. The van der Waals surface area contributed by atoms with Gasteiger partial charge in [0.1, 0.15) is 5.69 Å². The zero-order chi connectivity index (χ0) is 16.2. The number of hydrogen-bond acceptors (Lipinski definition) is 5. The molecule has 1 N–H and O–H groups in total. The summed E-state index contributed by atoms with van der Waals surface area (Å²) in [5, 5.41) is 10.3. The van der Waals surface area contributed by atoms with Crippen molar-refractivity contribution in [3.8, 4) is 11.3 Å². The minimum absolute atomic E-state index is 0.0415. The third-order valence-corrected chi connectivity index (χ3v) is 3.82. The minimum Gasteiger partial charge on any atom is -0.461 e. The number of carbonyl (C=O) groups excluding carboxylic acids is 2. The van der Waals surface area contributed by atoms with Crippen molar-refractivity contribution in [3.63, 3.8) is 0 Å². The van der Waals surface area contributed by atoms with E-state index in [0.29, 0.717) is 16.8 Å². The quantitative estimate of drug-likeness (QED) is 0.871. The van der Waals surface area contributed by atoms with Crippen LogP contribution in [-0.4, -0.2) is 51.9 Å². The predicted molar refractivity (Wildman–Crippen MR) is 82.9 cm³/mol.